The van der Waals surface area contributed by atoms with Gasteiger partial charge in [-0.1, -0.05) is 0 Å². The first kappa shape index (κ1) is 11.9. The second-order valence-corrected chi connectivity index (χ2v) is 3.27. The van der Waals surface area contributed by atoms with Gasteiger partial charge in [-0.25, -0.2) is 5.43 Å². The summed E-state index contributed by atoms with van der Waals surface area (Å²) in [6.07, 6.45) is 1.43. The lowest BCUT2D eigenvalue weighted by molar-refractivity contribution is -0.137. The SMILES string of the molecule is Cc1nn(C)c(C)c1/C=N\NC(=O)C(N)=O. The van der Waals surface area contributed by atoms with Crippen LogP contribution >= 0.6 is 0 Å². The predicted molar refractivity (Wildman–Crippen MR) is 57.6 cm³/mol. The van der Waals surface area contributed by atoms with Crippen molar-refractivity contribution in [1.29, 1.82) is 0 Å². The summed E-state index contributed by atoms with van der Waals surface area (Å²) in [4.78, 5) is 21.2. The van der Waals surface area contributed by atoms with Crippen LogP contribution in [-0.4, -0.2) is 27.8 Å². The molecule has 0 fully saturated rings. The van der Waals surface area contributed by atoms with E-state index in [2.05, 4.69) is 10.2 Å². The van der Waals surface area contributed by atoms with E-state index in [1.54, 1.807) is 4.68 Å². The van der Waals surface area contributed by atoms with E-state index in [1.807, 2.05) is 26.3 Å². The number of hydrogen-bond donors (Lipinski definition) is 2. The lowest BCUT2D eigenvalue weighted by Gasteiger charge is -1.95. The number of amides is 2. The van der Waals surface area contributed by atoms with Crippen LogP contribution in [0.25, 0.3) is 0 Å². The van der Waals surface area contributed by atoms with Gasteiger partial charge in [-0.2, -0.15) is 10.2 Å². The van der Waals surface area contributed by atoms with Crippen LogP contribution in [-0.2, 0) is 16.6 Å². The molecule has 0 atom stereocenters. The Bertz CT molecular complexity index is 461. The zero-order valence-electron chi connectivity index (χ0n) is 9.31. The van der Waals surface area contributed by atoms with Gasteiger partial charge in [-0.15, -0.1) is 0 Å². The molecule has 3 N–H and O–H groups in total. The van der Waals surface area contributed by atoms with E-state index in [0.717, 1.165) is 17.0 Å². The molecule has 0 bridgehead atoms. The molecule has 7 nitrogen and oxygen atoms in total. The van der Waals surface area contributed by atoms with E-state index in [4.69, 9.17) is 5.73 Å². The normalized spacial score (nSPS) is 10.7. The largest absolute Gasteiger partial charge is 0.361 e. The fraction of sp³-hybridized carbons (Fsp3) is 0.333. The molecule has 86 valence electrons. The number of aryl methyl sites for hydroxylation is 2. The highest BCUT2D eigenvalue weighted by Gasteiger charge is 2.08. The molecule has 0 aromatic carbocycles. The van der Waals surface area contributed by atoms with Gasteiger partial charge in [-0.3, -0.25) is 14.3 Å². The molecule has 7 heteroatoms. The molecule has 0 spiro atoms. The molecule has 0 saturated carbocycles. The topological polar surface area (TPSA) is 102 Å². The summed E-state index contributed by atoms with van der Waals surface area (Å²) < 4.78 is 1.70. The van der Waals surface area contributed by atoms with Gasteiger partial charge in [0.15, 0.2) is 0 Å². The Kier molecular flexibility index (Phi) is 3.39. The molecule has 1 aromatic rings. The Morgan fingerprint density at radius 2 is 2.12 bits per heavy atom. The Hall–Kier alpha value is -2.18. The van der Waals surface area contributed by atoms with Crippen LogP contribution in [0.3, 0.4) is 0 Å². The lowest BCUT2D eigenvalue weighted by Crippen LogP contribution is -2.32. The van der Waals surface area contributed by atoms with Crippen molar-refractivity contribution in [3.05, 3.63) is 17.0 Å². The van der Waals surface area contributed by atoms with Crippen molar-refractivity contribution in [2.45, 2.75) is 13.8 Å². The van der Waals surface area contributed by atoms with E-state index in [1.165, 1.54) is 6.21 Å². The number of rotatable bonds is 2. The van der Waals surface area contributed by atoms with Gasteiger partial charge in [0.05, 0.1) is 11.9 Å². The first-order valence-corrected chi connectivity index (χ1v) is 4.56. The minimum Gasteiger partial charge on any atom is -0.361 e. The van der Waals surface area contributed by atoms with Gasteiger partial charge in [0.25, 0.3) is 0 Å². The average molecular weight is 223 g/mol. The second-order valence-electron chi connectivity index (χ2n) is 3.27. The molecule has 1 heterocycles. The van der Waals surface area contributed by atoms with Crippen molar-refractivity contribution in [2.24, 2.45) is 17.9 Å². The van der Waals surface area contributed by atoms with Crippen molar-refractivity contribution < 1.29 is 9.59 Å². The van der Waals surface area contributed by atoms with Crippen LogP contribution in [0.5, 0.6) is 0 Å². The summed E-state index contributed by atoms with van der Waals surface area (Å²) in [5.41, 5.74) is 9.25. The molecule has 0 aliphatic heterocycles. The van der Waals surface area contributed by atoms with E-state index in [9.17, 15) is 9.59 Å². The minimum absolute atomic E-state index is 0.789. The number of nitrogens with zero attached hydrogens (tertiary/aromatic N) is 3. The van der Waals surface area contributed by atoms with Crippen LogP contribution < -0.4 is 11.2 Å². The Labute approximate surface area is 92.3 Å². The monoisotopic (exact) mass is 223 g/mol. The van der Waals surface area contributed by atoms with Crippen molar-refractivity contribution in [3.63, 3.8) is 0 Å². The molecule has 1 aromatic heterocycles. The molecular formula is C9H13N5O2. The summed E-state index contributed by atoms with van der Waals surface area (Å²) in [7, 11) is 1.81. The van der Waals surface area contributed by atoms with E-state index in [0.29, 0.717) is 0 Å². The molecule has 0 unspecified atom stereocenters. The highest BCUT2D eigenvalue weighted by atomic mass is 16.2. The fourth-order valence-electron chi connectivity index (χ4n) is 1.19. The molecule has 2 amide bonds. The van der Waals surface area contributed by atoms with Crippen molar-refractivity contribution in [1.82, 2.24) is 15.2 Å². The van der Waals surface area contributed by atoms with Gasteiger partial charge < -0.3 is 5.73 Å². The molecule has 0 aliphatic carbocycles. The van der Waals surface area contributed by atoms with Crippen LogP contribution in [0, 0.1) is 13.8 Å². The molecule has 0 saturated heterocycles. The Balaban J connectivity index is 2.77. The molecule has 16 heavy (non-hydrogen) atoms. The number of carbonyl (C=O) groups excluding carboxylic acids is 2. The highest BCUT2D eigenvalue weighted by molar-refractivity contribution is 6.34. The van der Waals surface area contributed by atoms with Crippen LogP contribution in [0.2, 0.25) is 0 Å². The number of hydrogen-bond acceptors (Lipinski definition) is 4. The van der Waals surface area contributed by atoms with Crippen molar-refractivity contribution in [2.75, 3.05) is 0 Å². The van der Waals surface area contributed by atoms with Crippen LogP contribution in [0.1, 0.15) is 17.0 Å². The van der Waals surface area contributed by atoms with Gasteiger partial charge in [0.1, 0.15) is 0 Å². The maximum atomic E-state index is 10.8. The Morgan fingerprint density at radius 3 is 2.56 bits per heavy atom. The Morgan fingerprint density at radius 1 is 1.50 bits per heavy atom. The third kappa shape index (κ3) is 2.44. The summed E-state index contributed by atoms with van der Waals surface area (Å²) in [5, 5.41) is 7.78. The fourth-order valence-corrected chi connectivity index (χ4v) is 1.19. The van der Waals surface area contributed by atoms with Gasteiger partial charge >= 0.3 is 11.8 Å². The van der Waals surface area contributed by atoms with Gasteiger partial charge in [0.2, 0.25) is 0 Å². The van der Waals surface area contributed by atoms with Crippen LogP contribution in [0.15, 0.2) is 5.10 Å². The van der Waals surface area contributed by atoms with Gasteiger partial charge in [0, 0.05) is 18.3 Å². The lowest BCUT2D eigenvalue weighted by atomic mass is 10.2. The minimum atomic E-state index is -1.07. The highest BCUT2D eigenvalue weighted by Crippen LogP contribution is 2.08. The number of hydrazone groups is 1. The maximum absolute atomic E-state index is 10.8. The maximum Gasteiger partial charge on any atom is 0.329 e. The number of aromatic nitrogens is 2. The van der Waals surface area contributed by atoms with Gasteiger partial charge in [-0.05, 0) is 13.8 Å². The zero-order chi connectivity index (χ0) is 12.3. The summed E-state index contributed by atoms with van der Waals surface area (Å²) in [5.74, 6) is -2.02. The standard InChI is InChI=1S/C9H13N5O2/c1-5-7(6(2)14(3)13-5)4-11-12-9(16)8(10)15/h4H,1-3H3,(H2,10,15)(H,12,16)/b11-4-. The predicted octanol–water partition coefficient (Wildman–Crippen LogP) is -1.03. The third-order valence-electron chi connectivity index (χ3n) is 2.15. The average Bonchev–Trinajstić information content (AvgIpc) is 2.44. The summed E-state index contributed by atoms with van der Waals surface area (Å²) >= 11 is 0. The molecular weight excluding hydrogens is 210 g/mol. The van der Waals surface area contributed by atoms with Crippen molar-refractivity contribution >= 4 is 18.0 Å². The molecule has 0 aliphatic rings. The van der Waals surface area contributed by atoms with E-state index >= 15 is 0 Å². The van der Waals surface area contributed by atoms with E-state index < -0.39 is 11.8 Å². The zero-order valence-corrected chi connectivity index (χ0v) is 9.31. The number of primary amides is 1. The van der Waals surface area contributed by atoms with E-state index in [-0.39, 0.29) is 0 Å². The second kappa shape index (κ2) is 4.56. The molecule has 0 radical (unpaired) electrons. The number of nitrogens with two attached hydrogens (primary N) is 1. The summed E-state index contributed by atoms with van der Waals surface area (Å²) in [6.45, 7) is 3.70. The van der Waals surface area contributed by atoms with Crippen molar-refractivity contribution in [3.8, 4) is 0 Å². The quantitative estimate of drug-likeness (QED) is 0.380. The molecule has 1 rings (SSSR count). The number of nitrogens with one attached hydrogen (secondary N) is 1. The first-order valence-electron chi connectivity index (χ1n) is 4.56. The first-order chi connectivity index (χ1) is 7.43. The smallest absolute Gasteiger partial charge is 0.329 e. The van der Waals surface area contributed by atoms with Crippen LogP contribution in [0.4, 0.5) is 0 Å². The summed E-state index contributed by atoms with van der Waals surface area (Å²) in [6, 6.07) is 0. The number of carbonyl (C=O) groups is 2. The third-order valence-corrected chi connectivity index (χ3v) is 2.15.